The van der Waals surface area contributed by atoms with Gasteiger partial charge in [0.05, 0.1) is 6.20 Å². The van der Waals surface area contributed by atoms with E-state index in [9.17, 15) is 0 Å². The second kappa shape index (κ2) is 8.18. The van der Waals surface area contributed by atoms with E-state index < -0.39 is 0 Å². The Hall–Kier alpha value is -3.14. The van der Waals surface area contributed by atoms with Gasteiger partial charge in [-0.3, -0.25) is 4.68 Å². The predicted molar refractivity (Wildman–Crippen MR) is 132 cm³/mol. The Balaban J connectivity index is 1.92. The van der Waals surface area contributed by atoms with Crippen LogP contribution in [0.4, 0.5) is 0 Å². The number of hydrogen-bond donors (Lipinski definition) is 0. The van der Waals surface area contributed by atoms with Crippen molar-refractivity contribution in [3.63, 3.8) is 0 Å². The van der Waals surface area contributed by atoms with Crippen LogP contribution in [0.3, 0.4) is 0 Å². The fourth-order valence-electron chi connectivity index (χ4n) is 5.10. The molecule has 0 radical (unpaired) electrons. The summed E-state index contributed by atoms with van der Waals surface area (Å²) in [7, 11) is 1.90. The van der Waals surface area contributed by atoms with Crippen LogP contribution in [0, 0.1) is 41.5 Å². The van der Waals surface area contributed by atoms with Crippen molar-refractivity contribution in [2.24, 2.45) is 7.05 Å². The normalized spacial score (nSPS) is 11.1. The van der Waals surface area contributed by atoms with Crippen LogP contribution in [0.1, 0.15) is 33.4 Å². The summed E-state index contributed by atoms with van der Waals surface area (Å²) >= 11 is 0. The summed E-state index contributed by atoms with van der Waals surface area (Å²) in [6.45, 7) is 13.5. The zero-order valence-corrected chi connectivity index (χ0v) is 19.6. The fourth-order valence-corrected chi connectivity index (χ4v) is 5.10. The molecule has 0 spiro atoms. The predicted octanol–water partition coefficient (Wildman–Crippen LogP) is 3.85. The average molecular weight is 407 g/mol. The molecule has 3 nitrogen and oxygen atoms in total. The second-order valence-corrected chi connectivity index (χ2v) is 8.96. The van der Waals surface area contributed by atoms with Crippen LogP contribution in [0.25, 0.3) is 11.3 Å². The summed E-state index contributed by atoms with van der Waals surface area (Å²) in [5.41, 5.74) is 14.1. The number of rotatable bonds is 4. The monoisotopic (exact) mass is 407 g/mol. The van der Waals surface area contributed by atoms with E-state index in [1.54, 1.807) is 4.68 Å². The summed E-state index contributed by atoms with van der Waals surface area (Å²) in [4.78, 5) is 0. The number of hydrogen-bond acceptors (Lipinski definition) is 2. The van der Waals surface area contributed by atoms with E-state index in [1.165, 1.54) is 49.8 Å². The van der Waals surface area contributed by atoms with Gasteiger partial charge in [-0.15, -0.1) is 5.10 Å². The lowest BCUT2D eigenvalue weighted by Crippen LogP contribution is -2.55. The Morgan fingerprint density at radius 3 is 1.52 bits per heavy atom. The number of aromatic nitrogens is 3. The molecule has 0 saturated carbocycles. The highest BCUT2D eigenvalue weighted by Crippen LogP contribution is 2.16. The molecule has 4 aromatic rings. The minimum Gasteiger partial charge on any atom is -0.255 e. The van der Waals surface area contributed by atoms with Gasteiger partial charge in [0.15, 0.2) is 0 Å². The molecule has 3 aromatic carbocycles. The molecule has 1 heterocycles. The zero-order chi connectivity index (χ0) is 22.3. The minimum absolute atomic E-state index is 0.192. The molecule has 0 atom stereocenters. The summed E-state index contributed by atoms with van der Waals surface area (Å²) < 4.78 is 1.74. The lowest BCUT2D eigenvalue weighted by atomic mass is 9.34. The van der Waals surface area contributed by atoms with Crippen molar-refractivity contribution in [1.29, 1.82) is 0 Å². The molecule has 1 aromatic heterocycles. The molecule has 4 rings (SSSR count). The van der Waals surface area contributed by atoms with Gasteiger partial charge in [0.25, 0.3) is 0 Å². The minimum atomic E-state index is 0.192. The Morgan fingerprint density at radius 1 is 0.677 bits per heavy atom. The van der Waals surface area contributed by atoms with Gasteiger partial charge < -0.3 is 0 Å². The maximum absolute atomic E-state index is 4.27. The number of aryl methyl sites for hydroxylation is 7. The van der Waals surface area contributed by atoms with Crippen LogP contribution < -0.4 is 16.4 Å². The molecular weight excluding hydrogens is 377 g/mol. The third kappa shape index (κ3) is 4.07. The summed E-state index contributed by atoms with van der Waals surface area (Å²) in [5.74, 6) is 0. The van der Waals surface area contributed by atoms with E-state index >= 15 is 0 Å². The van der Waals surface area contributed by atoms with Gasteiger partial charge in [-0.05, 0) is 41.5 Å². The van der Waals surface area contributed by atoms with Gasteiger partial charge in [-0.2, -0.15) is 0 Å². The molecule has 0 amide bonds. The fraction of sp³-hybridized carbons (Fsp3) is 0.259. The van der Waals surface area contributed by atoms with Crippen LogP contribution in [0.2, 0.25) is 0 Å². The van der Waals surface area contributed by atoms with Crippen molar-refractivity contribution in [2.45, 2.75) is 41.5 Å². The molecule has 4 heteroatoms. The van der Waals surface area contributed by atoms with Crippen molar-refractivity contribution < 1.29 is 0 Å². The number of benzene rings is 3. The molecule has 156 valence electrons. The standard InChI is InChI=1S/C27H30BN3/c1-17-12-19(3)26(20(4)13-17)28(27-21(5)14-18(2)15-22(27)6)24-10-8-23(9-11-24)25-16-31(7)30-29-25/h8-16H,1-7H3. The van der Waals surface area contributed by atoms with E-state index in [0.29, 0.717) is 0 Å². The highest BCUT2D eigenvalue weighted by Gasteiger charge is 2.28. The highest BCUT2D eigenvalue weighted by molar-refractivity contribution is 6.96. The lowest BCUT2D eigenvalue weighted by Gasteiger charge is -2.24. The van der Waals surface area contributed by atoms with Gasteiger partial charge in [-0.25, -0.2) is 0 Å². The molecule has 0 aliphatic carbocycles. The molecular formula is C27H30BN3. The van der Waals surface area contributed by atoms with Crippen LogP contribution in [-0.4, -0.2) is 21.7 Å². The first-order valence-corrected chi connectivity index (χ1v) is 10.9. The van der Waals surface area contributed by atoms with E-state index in [0.717, 1.165) is 11.3 Å². The molecule has 0 N–H and O–H groups in total. The van der Waals surface area contributed by atoms with Gasteiger partial charge in [0, 0.05) is 12.6 Å². The lowest BCUT2D eigenvalue weighted by molar-refractivity contribution is 0.715. The molecule has 0 bridgehead atoms. The van der Waals surface area contributed by atoms with E-state index in [1.807, 2.05) is 13.2 Å². The molecule has 0 unspecified atom stereocenters. The van der Waals surface area contributed by atoms with Crippen LogP contribution in [0.5, 0.6) is 0 Å². The number of nitrogens with zero attached hydrogens (tertiary/aromatic N) is 3. The summed E-state index contributed by atoms with van der Waals surface area (Å²) in [6, 6.07) is 18.1. The Labute approximate surface area is 186 Å². The zero-order valence-electron chi connectivity index (χ0n) is 19.6. The first kappa shape index (κ1) is 21.1. The van der Waals surface area contributed by atoms with E-state index in [4.69, 9.17) is 0 Å². The first-order valence-electron chi connectivity index (χ1n) is 10.9. The molecule has 0 saturated heterocycles. The quantitative estimate of drug-likeness (QED) is 0.481. The third-order valence-electron chi connectivity index (χ3n) is 6.20. The molecule has 0 fully saturated rings. The van der Waals surface area contributed by atoms with Crippen LogP contribution in [-0.2, 0) is 7.05 Å². The molecule has 0 aliphatic rings. The smallest absolute Gasteiger partial charge is 0.242 e. The average Bonchev–Trinajstić information content (AvgIpc) is 3.12. The first-order chi connectivity index (χ1) is 14.7. The van der Waals surface area contributed by atoms with Crippen LogP contribution in [0.15, 0.2) is 54.7 Å². The van der Waals surface area contributed by atoms with Gasteiger partial charge >= 0.3 is 0 Å². The van der Waals surface area contributed by atoms with E-state index in [2.05, 4.69) is 100 Å². The summed E-state index contributed by atoms with van der Waals surface area (Å²) in [6.07, 6.45) is 1.95. The highest BCUT2D eigenvalue weighted by atomic mass is 15.4. The Morgan fingerprint density at radius 2 is 1.13 bits per heavy atom. The van der Waals surface area contributed by atoms with Crippen molar-refractivity contribution in [1.82, 2.24) is 15.0 Å². The summed E-state index contributed by atoms with van der Waals surface area (Å²) in [5, 5.41) is 8.34. The Kier molecular flexibility index (Phi) is 5.57. The Bertz CT molecular complexity index is 1150. The van der Waals surface area contributed by atoms with Crippen LogP contribution >= 0.6 is 0 Å². The topological polar surface area (TPSA) is 30.7 Å². The van der Waals surface area contributed by atoms with Crippen molar-refractivity contribution >= 4 is 23.1 Å². The molecule has 31 heavy (non-hydrogen) atoms. The van der Waals surface area contributed by atoms with Gasteiger partial charge in [0.1, 0.15) is 5.69 Å². The maximum Gasteiger partial charge on any atom is 0.242 e. The maximum atomic E-state index is 4.27. The molecule has 0 aliphatic heterocycles. The van der Waals surface area contributed by atoms with Gasteiger partial charge in [-0.1, -0.05) is 104 Å². The van der Waals surface area contributed by atoms with Gasteiger partial charge in [0.2, 0.25) is 6.71 Å². The third-order valence-corrected chi connectivity index (χ3v) is 6.20. The second-order valence-electron chi connectivity index (χ2n) is 8.96. The van der Waals surface area contributed by atoms with E-state index in [-0.39, 0.29) is 6.71 Å². The van der Waals surface area contributed by atoms with Crippen molar-refractivity contribution in [3.8, 4) is 11.3 Å². The SMILES string of the molecule is Cc1cc(C)c(B(c2ccc(-c3cn(C)nn3)cc2)c2c(C)cc(C)cc2C)c(C)c1. The largest absolute Gasteiger partial charge is 0.255 e. The van der Waals surface area contributed by atoms with Crippen molar-refractivity contribution in [3.05, 3.63) is 88.1 Å². The van der Waals surface area contributed by atoms with Crippen molar-refractivity contribution in [2.75, 3.05) is 0 Å².